The van der Waals surface area contributed by atoms with Gasteiger partial charge >= 0.3 is 12.1 Å². The van der Waals surface area contributed by atoms with Crippen LogP contribution in [0.25, 0.3) is 11.1 Å². The topological polar surface area (TPSA) is 105 Å². The molecule has 3 aromatic rings. The predicted molar refractivity (Wildman–Crippen MR) is 143 cm³/mol. The Labute approximate surface area is 222 Å². The summed E-state index contributed by atoms with van der Waals surface area (Å²) in [5.41, 5.74) is 5.25. The molecule has 0 spiro atoms. The Morgan fingerprint density at radius 1 is 0.921 bits per heavy atom. The molecule has 0 aromatic heterocycles. The van der Waals surface area contributed by atoms with E-state index in [1.54, 1.807) is 6.92 Å². The van der Waals surface area contributed by atoms with Gasteiger partial charge in [-0.25, -0.2) is 4.79 Å². The number of ether oxygens (including phenoxy) is 2. The maximum atomic E-state index is 13.6. The average Bonchev–Trinajstić information content (AvgIpc) is 3.26. The van der Waals surface area contributed by atoms with E-state index >= 15 is 0 Å². The van der Waals surface area contributed by atoms with Crippen molar-refractivity contribution in [2.45, 2.75) is 38.0 Å². The van der Waals surface area contributed by atoms with Crippen LogP contribution in [0, 0.1) is 0 Å². The first-order valence-electron chi connectivity index (χ1n) is 12.6. The van der Waals surface area contributed by atoms with E-state index in [1.165, 1.54) is 12.0 Å². The molecule has 3 aromatic carbocycles. The maximum absolute atomic E-state index is 13.6. The molecule has 0 bridgehead atoms. The van der Waals surface area contributed by atoms with Crippen LogP contribution in [0.4, 0.5) is 4.79 Å². The van der Waals surface area contributed by atoms with E-state index in [2.05, 4.69) is 17.4 Å². The summed E-state index contributed by atoms with van der Waals surface area (Å²) in [4.78, 5) is 39.2. The van der Waals surface area contributed by atoms with Gasteiger partial charge in [0.15, 0.2) is 0 Å². The number of aliphatic carboxylic acids is 1. The highest BCUT2D eigenvalue weighted by Crippen LogP contribution is 2.44. The first-order chi connectivity index (χ1) is 18.4. The van der Waals surface area contributed by atoms with E-state index in [0.29, 0.717) is 0 Å². The molecular formula is C30H32N2O6. The zero-order valence-corrected chi connectivity index (χ0v) is 21.5. The second-order valence-corrected chi connectivity index (χ2v) is 9.28. The van der Waals surface area contributed by atoms with E-state index in [4.69, 9.17) is 9.47 Å². The second kappa shape index (κ2) is 12.4. The predicted octanol–water partition coefficient (Wildman–Crippen LogP) is 4.43. The van der Waals surface area contributed by atoms with Crippen LogP contribution in [0.3, 0.4) is 0 Å². The SMILES string of the molecule is CO[C@H](C)[C@H](NC(=O)OCC1c2ccccc2-c2ccccc21)C(=O)N(CCC(=O)O)Cc1ccccc1. The molecule has 2 amide bonds. The number of hydrogen-bond donors (Lipinski definition) is 2. The maximum Gasteiger partial charge on any atom is 0.407 e. The van der Waals surface area contributed by atoms with Crippen molar-refractivity contribution < 1.29 is 29.0 Å². The second-order valence-electron chi connectivity index (χ2n) is 9.28. The highest BCUT2D eigenvalue weighted by Gasteiger charge is 2.33. The van der Waals surface area contributed by atoms with Crippen LogP contribution in [0.1, 0.15) is 36.0 Å². The first-order valence-corrected chi connectivity index (χ1v) is 12.6. The Morgan fingerprint density at radius 3 is 2.08 bits per heavy atom. The summed E-state index contributed by atoms with van der Waals surface area (Å²) < 4.78 is 11.0. The normalized spacial score (nSPS) is 13.6. The van der Waals surface area contributed by atoms with Crippen molar-refractivity contribution in [2.24, 2.45) is 0 Å². The van der Waals surface area contributed by atoms with E-state index < -0.39 is 30.1 Å². The van der Waals surface area contributed by atoms with Crippen molar-refractivity contribution in [3.05, 3.63) is 95.6 Å². The number of nitrogens with zero attached hydrogens (tertiary/aromatic N) is 1. The molecule has 198 valence electrons. The number of carboxylic acids is 1. The fraction of sp³-hybridized carbons (Fsp3) is 0.300. The van der Waals surface area contributed by atoms with Crippen molar-refractivity contribution in [2.75, 3.05) is 20.3 Å². The van der Waals surface area contributed by atoms with Gasteiger partial charge in [0, 0.05) is 26.1 Å². The minimum absolute atomic E-state index is 0.0115. The minimum atomic E-state index is -1.06. The van der Waals surface area contributed by atoms with Gasteiger partial charge < -0.3 is 24.8 Å². The zero-order chi connectivity index (χ0) is 27.1. The number of rotatable bonds is 11. The lowest BCUT2D eigenvalue weighted by molar-refractivity contribution is -0.140. The molecule has 0 heterocycles. The van der Waals surface area contributed by atoms with Gasteiger partial charge in [-0.15, -0.1) is 0 Å². The third-order valence-corrected chi connectivity index (χ3v) is 6.85. The van der Waals surface area contributed by atoms with Crippen molar-refractivity contribution in [3.63, 3.8) is 0 Å². The number of hydrogen-bond acceptors (Lipinski definition) is 5. The highest BCUT2D eigenvalue weighted by atomic mass is 16.5. The van der Waals surface area contributed by atoms with Gasteiger partial charge in [-0.1, -0.05) is 78.9 Å². The summed E-state index contributed by atoms with van der Waals surface area (Å²) in [6, 6.07) is 24.3. The Bertz CT molecular complexity index is 1230. The average molecular weight is 517 g/mol. The van der Waals surface area contributed by atoms with E-state index in [9.17, 15) is 19.5 Å². The Hall–Kier alpha value is -4.17. The lowest BCUT2D eigenvalue weighted by atomic mass is 9.98. The van der Waals surface area contributed by atoms with Crippen molar-refractivity contribution >= 4 is 18.0 Å². The van der Waals surface area contributed by atoms with Crippen LogP contribution in [0.5, 0.6) is 0 Å². The first kappa shape index (κ1) is 26.9. The molecule has 8 nitrogen and oxygen atoms in total. The molecule has 2 atom stereocenters. The summed E-state index contributed by atoms with van der Waals surface area (Å²) in [7, 11) is 1.45. The van der Waals surface area contributed by atoms with Gasteiger partial charge in [0.05, 0.1) is 12.5 Å². The molecular weight excluding hydrogens is 484 g/mol. The summed E-state index contributed by atoms with van der Waals surface area (Å²) in [6.45, 7) is 1.97. The van der Waals surface area contributed by atoms with Crippen LogP contribution in [0.2, 0.25) is 0 Å². The number of carboxylic acid groups (broad SMARTS) is 1. The number of nitrogens with one attached hydrogen (secondary N) is 1. The van der Waals surface area contributed by atoms with Crippen molar-refractivity contribution in [3.8, 4) is 11.1 Å². The largest absolute Gasteiger partial charge is 0.481 e. The third kappa shape index (κ3) is 6.20. The van der Waals surface area contributed by atoms with E-state index in [1.807, 2.05) is 66.7 Å². The van der Waals surface area contributed by atoms with Crippen LogP contribution >= 0.6 is 0 Å². The van der Waals surface area contributed by atoms with Crippen molar-refractivity contribution in [1.82, 2.24) is 10.2 Å². The Balaban J connectivity index is 1.47. The smallest absolute Gasteiger partial charge is 0.407 e. The van der Waals surface area contributed by atoms with E-state index in [-0.39, 0.29) is 32.0 Å². The number of benzene rings is 3. The Morgan fingerprint density at radius 2 is 1.50 bits per heavy atom. The Kier molecular flexibility index (Phi) is 8.76. The monoisotopic (exact) mass is 516 g/mol. The fourth-order valence-corrected chi connectivity index (χ4v) is 4.78. The number of alkyl carbamates (subject to hydrolysis) is 1. The number of carbonyl (C=O) groups excluding carboxylic acids is 2. The molecule has 8 heteroatoms. The molecule has 0 radical (unpaired) electrons. The molecule has 4 rings (SSSR count). The van der Waals surface area contributed by atoms with Gasteiger partial charge in [0.2, 0.25) is 5.91 Å². The van der Waals surface area contributed by atoms with Crippen molar-refractivity contribution in [1.29, 1.82) is 0 Å². The van der Waals surface area contributed by atoms with Crippen LogP contribution < -0.4 is 5.32 Å². The fourth-order valence-electron chi connectivity index (χ4n) is 4.78. The standard InChI is InChI=1S/C30H32N2O6/c1-20(37-2)28(29(35)32(17-16-27(33)34)18-21-10-4-3-5-11-21)31-30(36)38-19-26-24-14-8-6-12-22(24)23-13-7-9-15-25(23)26/h3-15,20,26,28H,16-19H2,1-2H3,(H,31,36)(H,33,34)/t20-,28+/m1/s1. The van der Waals surface area contributed by atoms with Gasteiger partial charge in [0.1, 0.15) is 12.6 Å². The number of carbonyl (C=O) groups is 3. The van der Waals surface area contributed by atoms with Crippen LogP contribution in [0.15, 0.2) is 78.9 Å². The summed E-state index contributed by atoms with van der Waals surface area (Å²) >= 11 is 0. The van der Waals surface area contributed by atoms with Gasteiger partial charge in [0.25, 0.3) is 0 Å². The van der Waals surface area contributed by atoms with Crippen LogP contribution in [-0.4, -0.2) is 60.4 Å². The molecule has 38 heavy (non-hydrogen) atoms. The van der Waals surface area contributed by atoms with E-state index in [0.717, 1.165) is 27.8 Å². The molecule has 0 saturated heterocycles. The van der Waals surface area contributed by atoms with Crippen LogP contribution in [-0.2, 0) is 25.6 Å². The van der Waals surface area contributed by atoms with Gasteiger partial charge in [-0.2, -0.15) is 0 Å². The van der Waals surface area contributed by atoms with Gasteiger partial charge in [-0.3, -0.25) is 9.59 Å². The molecule has 1 aliphatic rings. The quantitative estimate of drug-likeness (QED) is 0.391. The molecule has 0 saturated carbocycles. The molecule has 0 fully saturated rings. The molecule has 0 aliphatic heterocycles. The number of methoxy groups -OCH3 is 1. The number of fused-ring (bicyclic) bond motifs is 3. The van der Waals surface area contributed by atoms with Gasteiger partial charge in [-0.05, 0) is 34.7 Å². The summed E-state index contributed by atoms with van der Waals surface area (Å²) in [5, 5.41) is 11.9. The lowest BCUT2D eigenvalue weighted by Gasteiger charge is -2.30. The molecule has 0 unspecified atom stereocenters. The third-order valence-electron chi connectivity index (χ3n) is 6.85. The number of amides is 2. The highest BCUT2D eigenvalue weighted by molar-refractivity contribution is 5.87. The molecule has 1 aliphatic carbocycles. The lowest BCUT2D eigenvalue weighted by Crippen LogP contribution is -2.54. The summed E-state index contributed by atoms with van der Waals surface area (Å²) in [6.07, 6.45) is -1.64. The summed E-state index contributed by atoms with van der Waals surface area (Å²) in [5.74, 6) is -1.58. The zero-order valence-electron chi connectivity index (χ0n) is 21.5. The molecule has 2 N–H and O–H groups in total. The minimum Gasteiger partial charge on any atom is -0.481 e.